The molecule has 0 aromatic rings. The fourth-order valence-corrected chi connectivity index (χ4v) is 8.58. The van der Waals surface area contributed by atoms with Gasteiger partial charge in [0.25, 0.3) is 10.1 Å². The molecule has 1 fully saturated rings. The minimum Gasteiger partial charge on any atom is -0.462 e. The lowest BCUT2D eigenvalue weighted by Crippen LogP contribution is -2.60. The summed E-state index contributed by atoms with van der Waals surface area (Å²) in [4.78, 5) is 25.5. The van der Waals surface area contributed by atoms with Crippen LogP contribution < -0.4 is 0 Å². The summed E-state index contributed by atoms with van der Waals surface area (Å²) in [6.07, 6.45) is 33.2. The fraction of sp³-hybridized carbons (Fsp3) is 0.900. The van der Waals surface area contributed by atoms with Gasteiger partial charge in [-0.05, 0) is 50.7 Å². The van der Waals surface area contributed by atoms with Gasteiger partial charge in [-0.2, -0.15) is 8.42 Å². The van der Waals surface area contributed by atoms with Crippen molar-refractivity contribution in [3.63, 3.8) is 0 Å². The molecule has 0 amide bonds. The molecule has 0 saturated carbocycles. The Labute approximate surface area is 383 Å². The van der Waals surface area contributed by atoms with Crippen molar-refractivity contribution in [3.05, 3.63) is 17.9 Å². The Bertz CT molecular complexity index is 1270. The number of aliphatic hydroxyl groups excluding tert-OH is 3. The molecule has 0 aliphatic carbocycles. The Hall–Kier alpha value is -1.83. The molecule has 1 saturated heterocycles. The number of carbonyl (C=O) groups is 2. The van der Waals surface area contributed by atoms with Gasteiger partial charge in [-0.1, -0.05) is 181 Å². The molecular weight excluding hydrogens is 825 g/mol. The maximum atomic E-state index is 12.9. The number of esters is 2. The lowest BCUT2D eigenvalue weighted by molar-refractivity contribution is -0.297. The lowest BCUT2D eigenvalue weighted by Gasteiger charge is -2.40. The SMILES string of the molecule is CCCCCCCC=C=CCCCCCCCC(=O)OC[C@H](CO[C@H]1O[C@H](CS(=O)(=O)O)[C@@H](O)C(O)C1O)OC(=O)CCCCCCCCCCCCCCCCCCCCCC. The second-order valence-corrected chi connectivity index (χ2v) is 19.4. The molecule has 370 valence electrons. The van der Waals surface area contributed by atoms with E-state index in [2.05, 4.69) is 31.7 Å². The van der Waals surface area contributed by atoms with E-state index in [1.807, 2.05) is 0 Å². The zero-order chi connectivity index (χ0) is 46.2. The molecule has 0 spiro atoms. The van der Waals surface area contributed by atoms with E-state index in [0.717, 1.165) is 57.8 Å². The largest absolute Gasteiger partial charge is 0.462 e. The summed E-state index contributed by atoms with van der Waals surface area (Å²) < 4.78 is 54.2. The topological polar surface area (TPSA) is 186 Å². The molecule has 1 aliphatic rings. The van der Waals surface area contributed by atoms with Crippen LogP contribution in [0.4, 0.5) is 0 Å². The Balaban J connectivity index is 2.38. The van der Waals surface area contributed by atoms with Crippen molar-refractivity contribution in [2.75, 3.05) is 19.0 Å². The van der Waals surface area contributed by atoms with Crippen molar-refractivity contribution >= 4 is 22.1 Å². The second-order valence-electron chi connectivity index (χ2n) is 17.9. The first-order chi connectivity index (χ1) is 30.5. The Morgan fingerprint density at radius 1 is 0.556 bits per heavy atom. The van der Waals surface area contributed by atoms with Gasteiger partial charge in [0.2, 0.25) is 0 Å². The molecule has 4 N–H and O–H groups in total. The first kappa shape index (κ1) is 59.2. The maximum Gasteiger partial charge on any atom is 0.306 e. The summed E-state index contributed by atoms with van der Waals surface area (Å²) in [7, 11) is -4.60. The van der Waals surface area contributed by atoms with Crippen molar-refractivity contribution in [1.82, 2.24) is 0 Å². The van der Waals surface area contributed by atoms with E-state index < -0.39 is 71.2 Å². The van der Waals surface area contributed by atoms with E-state index >= 15 is 0 Å². The van der Waals surface area contributed by atoms with Gasteiger partial charge < -0.3 is 34.3 Å². The number of allylic oxidation sites excluding steroid dienone is 1. The molecule has 0 bridgehead atoms. The highest BCUT2D eigenvalue weighted by molar-refractivity contribution is 7.85. The Morgan fingerprint density at radius 2 is 0.952 bits per heavy atom. The molecule has 12 nitrogen and oxygen atoms in total. The first-order valence-corrected chi connectivity index (χ1v) is 27.1. The number of hydrogen-bond donors (Lipinski definition) is 4. The molecule has 1 heterocycles. The van der Waals surface area contributed by atoms with E-state index in [0.29, 0.717) is 12.8 Å². The van der Waals surface area contributed by atoms with Gasteiger partial charge in [0.05, 0.1) is 6.61 Å². The highest BCUT2D eigenvalue weighted by atomic mass is 32.2. The summed E-state index contributed by atoms with van der Waals surface area (Å²) in [5.74, 6) is -1.99. The van der Waals surface area contributed by atoms with Crippen LogP contribution in [0.5, 0.6) is 0 Å². The highest BCUT2D eigenvalue weighted by Gasteiger charge is 2.46. The number of ether oxygens (including phenoxy) is 4. The van der Waals surface area contributed by atoms with Crippen LogP contribution in [0, 0.1) is 0 Å². The molecule has 6 atom stereocenters. The minimum atomic E-state index is -4.60. The van der Waals surface area contributed by atoms with Gasteiger partial charge in [0.1, 0.15) is 36.8 Å². The van der Waals surface area contributed by atoms with Gasteiger partial charge in [-0.15, -0.1) is 5.73 Å². The van der Waals surface area contributed by atoms with E-state index in [-0.39, 0.29) is 19.4 Å². The number of carbonyl (C=O) groups excluding carboxylic acids is 2. The van der Waals surface area contributed by atoms with Crippen molar-refractivity contribution in [2.45, 2.75) is 269 Å². The van der Waals surface area contributed by atoms with E-state index in [1.165, 1.54) is 135 Å². The summed E-state index contributed by atoms with van der Waals surface area (Å²) in [6, 6.07) is 0. The summed E-state index contributed by atoms with van der Waals surface area (Å²) in [5, 5.41) is 30.9. The number of unbranched alkanes of at least 4 members (excludes halogenated alkanes) is 29. The zero-order valence-electron chi connectivity index (χ0n) is 39.7. The van der Waals surface area contributed by atoms with Gasteiger partial charge in [-0.3, -0.25) is 14.1 Å². The molecule has 0 aromatic carbocycles. The van der Waals surface area contributed by atoms with Crippen LogP contribution in [0.3, 0.4) is 0 Å². The fourth-order valence-electron chi connectivity index (χ4n) is 7.89. The monoisotopic (exact) mass is 917 g/mol. The van der Waals surface area contributed by atoms with Crippen LogP contribution in [0.1, 0.15) is 232 Å². The Morgan fingerprint density at radius 3 is 1.38 bits per heavy atom. The summed E-state index contributed by atoms with van der Waals surface area (Å²) in [6.45, 7) is 3.76. The second kappa shape index (κ2) is 40.4. The average Bonchev–Trinajstić information content (AvgIpc) is 3.25. The van der Waals surface area contributed by atoms with Crippen LogP contribution >= 0.6 is 0 Å². The molecule has 1 aliphatic heterocycles. The van der Waals surface area contributed by atoms with Crippen LogP contribution in [0.15, 0.2) is 17.9 Å². The zero-order valence-corrected chi connectivity index (χ0v) is 40.6. The van der Waals surface area contributed by atoms with Crippen molar-refractivity contribution in [3.8, 4) is 0 Å². The highest BCUT2D eigenvalue weighted by Crippen LogP contribution is 2.24. The maximum absolute atomic E-state index is 12.9. The number of aliphatic hydroxyl groups is 3. The molecule has 63 heavy (non-hydrogen) atoms. The van der Waals surface area contributed by atoms with Gasteiger partial charge in [-0.25, -0.2) is 0 Å². The molecule has 0 radical (unpaired) electrons. The quantitative estimate of drug-likeness (QED) is 0.0197. The Kier molecular flexibility index (Phi) is 38.0. The van der Waals surface area contributed by atoms with Crippen LogP contribution in [-0.4, -0.2) is 96.0 Å². The van der Waals surface area contributed by atoms with Crippen LogP contribution in [0.2, 0.25) is 0 Å². The van der Waals surface area contributed by atoms with Gasteiger partial charge >= 0.3 is 11.9 Å². The first-order valence-electron chi connectivity index (χ1n) is 25.5. The molecule has 13 heteroatoms. The third-order valence-corrected chi connectivity index (χ3v) is 12.6. The van der Waals surface area contributed by atoms with E-state index in [9.17, 15) is 37.9 Å². The van der Waals surface area contributed by atoms with Gasteiger partial charge in [0.15, 0.2) is 12.4 Å². The van der Waals surface area contributed by atoms with Crippen molar-refractivity contribution in [2.24, 2.45) is 0 Å². The van der Waals surface area contributed by atoms with Crippen molar-refractivity contribution < 1.29 is 56.8 Å². The summed E-state index contributed by atoms with van der Waals surface area (Å²) >= 11 is 0. The van der Waals surface area contributed by atoms with Crippen LogP contribution in [-0.2, 0) is 38.7 Å². The normalized spacial score (nSPS) is 19.4. The van der Waals surface area contributed by atoms with Crippen molar-refractivity contribution in [1.29, 1.82) is 0 Å². The predicted octanol–water partition coefficient (Wildman–Crippen LogP) is 11.2. The molecule has 1 rings (SSSR count). The molecule has 0 aromatic heterocycles. The predicted molar refractivity (Wildman–Crippen MR) is 251 cm³/mol. The molecule has 2 unspecified atom stereocenters. The molecular formula is C50H92O12S. The standard InChI is InChI=1S/C50H92O12S/c1-3-5-7-9-11-13-15-17-19-20-21-22-23-25-27-29-31-33-35-37-39-46(52)61-43(41-60-50-49(55)48(54)47(53)44(62-50)42-63(56,57)58)40-59-45(51)38-36-34-32-30-28-26-24-18-16-14-12-10-8-6-4-2/h16,24,43-44,47-50,53-55H,3-15,17,19-23,25-42H2,1-2H3,(H,56,57,58)/t18?,43-,44-,47-,48?,49?,50+/m1/s1. The van der Waals surface area contributed by atoms with E-state index in [1.54, 1.807) is 0 Å². The lowest BCUT2D eigenvalue weighted by atomic mass is 10.00. The third kappa shape index (κ3) is 35.1. The minimum absolute atomic E-state index is 0.165. The van der Waals surface area contributed by atoms with Crippen LogP contribution in [0.25, 0.3) is 0 Å². The third-order valence-electron chi connectivity index (χ3n) is 11.9. The van der Waals surface area contributed by atoms with Gasteiger partial charge in [0, 0.05) is 12.8 Å². The average molecular weight is 917 g/mol. The summed E-state index contributed by atoms with van der Waals surface area (Å²) in [5.41, 5.74) is 3.28. The number of rotatable bonds is 43. The number of hydrogen-bond acceptors (Lipinski definition) is 11. The van der Waals surface area contributed by atoms with E-state index in [4.69, 9.17) is 18.9 Å². The smallest absolute Gasteiger partial charge is 0.306 e.